The SMILES string of the molecule is Cc1ccc(C)c(CC(=O)N2CCC(c3nc(N)cs3)CC2)c1.Cl. The fourth-order valence-electron chi connectivity index (χ4n) is 3.13. The van der Waals surface area contributed by atoms with E-state index in [0.717, 1.165) is 36.5 Å². The number of aryl methyl sites for hydroxylation is 2. The molecule has 1 aliphatic rings. The van der Waals surface area contributed by atoms with Crippen LogP contribution in [0.15, 0.2) is 23.6 Å². The van der Waals surface area contributed by atoms with Crippen molar-refractivity contribution in [1.29, 1.82) is 0 Å². The highest BCUT2D eigenvalue weighted by Crippen LogP contribution is 2.31. The second-order valence-electron chi connectivity index (χ2n) is 6.37. The third-order valence-corrected chi connectivity index (χ3v) is 5.61. The van der Waals surface area contributed by atoms with Gasteiger partial charge >= 0.3 is 0 Å². The van der Waals surface area contributed by atoms with E-state index >= 15 is 0 Å². The maximum absolute atomic E-state index is 12.6. The normalized spacial score (nSPS) is 15.2. The fourth-order valence-corrected chi connectivity index (χ4v) is 4.01. The molecule has 2 aromatic rings. The van der Waals surface area contributed by atoms with Crippen LogP contribution in [-0.4, -0.2) is 28.9 Å². The number of anilines is 1. The number of piperidine rings is 1. The zero-order valence-corrected chi connectivity index (χ0v) is 15.8. The number of benzene rings is 1. The molecule has 0 atom stereocenters. The fraction of sp³-hybridized carbons (Fsp3) is 0.444. The molecule has 1 aromatic heterocycles. The van der Waals surface area contributed by atoms with Gasteiger partial charge in [-0.05, 0) is 37.8 Å². The van der Waals surface area contributed by atoms with Gasteiger partial charge in [-0.25, -0.2) is 4.98 Å². The first-order valence-electron chi connectivity index (χ1n) is 8.07. The first-order valence-corrected chi connectivity index (χ1v) is 8.95. The number of hydrogen-bond acceptors (Lipinski definition) is 4. The van der Waals surface area contributed by atoms with Crippen LogP contribution < -0.4 is 5.73 Å². The number of amides is 1. The Balaban J connectivity index is 0.00000208. The Morgan fingerprint density at radius 3 is 2.67 bits per heavy atom. The van der Waals surface area contributed by atoms with E-state index in [4.69, 9.17) is 5.73 Å². The lowest BCUT2D eigenvalue weighted by Gasteiger charge is -2.31. The highest BCUT2D eigenvalue weighted by Gasteiger charge is 2.25. The standard InChI is InChI=1S/C18H23N3OS.ClH/c1-12-3-4-13(2)15(9-12)10-17(22)21-7-5-14(6-8-21)18-20-16(19)11-23-18;/h3-4,9,11,14H,5-8,10,19H2,1-2H3;1H. The van der Waals surface area contributed by atoms with Crippen LogP contribution in [-0.2, 0) is 11.2 Å². The van der Waals surface area contributed by atoms with Gasteiger partial charge in [0.25, 0.3) is 0 Å². The number of thiazole rings is 1. The monoisotopic (exact) mass is 365 g/mol. The molecule has 0 aliphatic carbocycles. The van der Waals surface area contributed by atoms with Crippen molar-refractivity contribution in [2.45, 2.75) is 39.0 Å². The zero-order chi connectivity index (χ0) is 16.4. The van der Waals surface area contributed by atoms with Crippen LogP contribution >= 0.6 is 23.7 Å². The topological polar surface area (TPSA) is 59.2 Å². The molecule has 0 bridgehead atoms. The van der Waals surface area contributed by atoms with Gasteiger partial charge in [0.15, 0.2) is 0 Å². The van der Waals surface area contributed by atoms with E-state index in [9.17, 15) is 4.79 Å². The van der Waals surface area contributed by atoms with E-state index in [1.807, 2.05) is 10.3 Å². The van der Waals surface area contributed by atoms with Crippen molar-refractivity contribution in [3.8, 4) is 0 Å². The number of halogens is 1. The summed E-state index contributed by atoms with van der Waals surface area (Å²) >= 11 is 1.63. The Morgan fingerprint density at radius 1 is 1.33 bits per heavy atom. The van der Waals surface area contributed by atoms with Gasteiger partial charge in [0, 0.05) is 24.4 Å². The van der Waals surface area contributed by atoms with Gasteiger partial charge in [0.1, 0.15) is 5.82 Å². The van der Waals surface area contributed by atoms with Crippen LogP contribution in [0.2, 0.25) is 0 Å². The molecule has 4 nitrogen and oxygen atoms in total. The molecular weight excluding hydrogens is 342 g/mol. The maximum atomic E-state index is 12.6. The van der Waals surface area contributed by atoms with Crippen LogP contribution in [0.4, 0.5) is 5.82 Å². The summed E-state index contributed by atoms with van der Waals surface area (Å²) in [5, 5.41) is 3.01. The lowest BCUT2D eigenvalue weighted by atomic mass is 9.96. The van der Waals surface area contributed by atoms with Gasteiger partial charge in [-0.3, -0.25) is 4.79 Å². The predicted molar refractivity (Wildman–Crippen MR) is 102 cm³/mol. The van der Waals surface area contributed by atoms with E-state index < -0.39 is 0 Å². The van der Waals surface area contributed by atoms with Crippen molar-refractivity contribution in [3.05, 3.63) is 45.3 Å². The summed E-state index contributed by atoms with van der Waals surface area (Å²) < 4.78 is 0. The van der Waals surface area contributed by atoms with Crippen LogP contribution in [0, 0.1) is 13.8 Å². The molecule has 2 heterocycles. The summed E-state index contributed by atoms with van der Waals surface area (Å²) in [4.78, 5) is 19.0. The number of hydrogen-bond donors (Lipinski definition) is 1. The Morgan fingerprint density at radius 2 is 2.04 bits per heavy atom. The van der Waals surface area contributed by atoms with E-state index in [0.29, 0.717) is 18.2 Å². The number of likely N-dealkylation sites (tertiary alicyclic amines) is 1. The number of nitrogens with zero attached hydrogens (tertiary/aromatic N) is 2. The van der Waals surface area contributed by atoms with E-state index in [2.05, 4.69) is 37.0 Å². The molecular formula is C18H24ClN3OS. The molecule has 1 fully saturated rings. The quantitative estimate of drug-likeness (QED) is 0.901. The number of nitrogen functional groups attached to an aromatic ring is 1. The summed E-state index contributed by atoms with van der Waals surface area (Å²) in [5.74, 6) is 1.29. The molecule has 6 heteroatoms. The highest BCUT2D eigenvalue weighted by atomic mass is 35.5. The summed E-state index contributed by atoms with van der Waals surface area (Å²) in [6.45, 7) is 5.77. The lowest BCUT2D eigenvalue weighted by molar-refractivity contribution is -0.131. The number of rotatable bonds is 3. The Kier molecular flexibility index (Phi) is 6.24. The maximum Gasteiger partial charge on any atom is 0.227 e. The average Bonchev–Trinajstić information content (AvgIpc) is 2.97. The Labute approximate surface area is 153 Å². The van der Waals surface area contributed by atoms with Crippen molar-refractivity contribution in [2.24, 2.45) is 0 Å². The third kappa shape index (κ3) is 4.28. The van der Waals surface area contributed by atoms with E-state index in [-0.39, 0.29) is 18.3 Å². The lowest BCUT2D eigenvalue weighted by Crippen LogP contribution is -2.38. The van der Waals surface area contributed by atoms with Gasteiger partial charge in [-0.1, -0.05) is 23.8 Å². The first-order chi connectivity index (χ1) is 11.0. The molecule has 2 N–H and O–H groups in total. The van der Waals surface area contributed by atoms with Crippen LogP contribution in [0.25, 0.3) is 0 Å². The second-order valence-corrected chi connectivity index (χ2v) is 7.26. The summed E-state index contributed by atoms with van der Waals surface area (Å²) in [6.07, 6.45) is 2.46. The minimum Gasteiger partial charge on any atom is -0.383 e. The van der Waals surface area contributed by atoms with Gasteiger partial charge in [-0.2, -0.15) is 0 Å². The van der Waals surface area contributed by atoms with Crippen molar-refractivity contribution >= 4 is 35.5 Å². The molecule has 1 aliphatic heterocycles. The molecule has 1 aromatic carbocycles. The molecule has 1 saturated heterocycles. The summed E-state index contributed by atoms with van der Waals surface area (Å²) in [5.41, 5.74) is 9.25. The number of aromatic nitrogens is 1. The molecule has 3 rings (SSSR count). The van der Waals surface area contributed by atoms with Crippen LogP contribution in [0.3, 0.4) is 0 Å². The molecule has 0 unspecified atom stereocenters. The van der Waals surface area contributed by atoms with E-state index in [1.54, 1.807) is 11.3 Å². The Bertz CT molecular complexity index is 708. The van der Waals surface area contributed by atoms with Gasteiger partial charge in [0.05, 0.1) is 11.4 Å². The Hall–Kier alpha value is -1.59. The predicted octanol–water partition coefficient (Wildman–Crippen LogP) is 3.71. The van der Waals surface area contributed by atoms with Crippen LogP contribution in [0.5, 0.6) is 0 Å². The molecule has 24 heavy (non-hydrogen) atoms. The largest absolute Gasteiger partial charge is 0.383 e. The van der Waals surface area contributed by atoms with Crippen molar-refractivity contribution in [3.63, 3.8) is 0 Å². The van der Waals surface area contributed by atoms with Crippen molar-refractivity contribution in [2.75, 3.05) is 18.8 Å². The average molecular weight is 366 g/mol. The second kappa shape index (κ2) is 7.99. The van der Waals surface area contributed by atoms with Crippen molar-refractivity contribution in [1.82, 2.24) is 9.88 Å². The van der Waals surface area contributed by atoms with Gasteiger partial charge < -0.3 is 10.6 Å². The molecule has 1 amide bonds. The minimum absolute atomic E-state index is 0. The van der Waals surface area contributed by atoms with Crippen molar-refractivity contribution < 1.29 is 4.79 Å². The number of carbonyl (C=O) groups excluding carboxylic acids is 1. The highest BCUT2D eigenvalue weighted by molar-refractivity contribution is 7.10. The smallest absolute Gasteiger partial charge is 0.227 e. The molecule has 130 valence electrons. The minimum atomic E-state index is 0. The van der Waals surface area contributed by atoms with E-state index in [1.165, 1.54) is 11.1 Å². The molecule has 0 saturated carbocycles. The number of carbonyl (C=O) groups is 1. The van der Waals surface area contributed by atoms with Gasteiger partial charge in [-0.15, -0.1) is 23.7 Å². The number of nitrogens with two attached hydrogens (primary N) is 1. The summed E-state index contributed by atoms with van der Waals surface area (Å²) in [7, 11) is 0. The third-order valence-electron chi connectivity index (χ3n) is 4.58. The molecule has 0 radical (unpaired) electrons. The molecule has 0 spiro atoms. The zero-order valence-electron chi connectivity index (χ0n) is 14.1. The van der Waals surface area contributed by atoms with Gasteiger partial charge in [0.2, 0.25) is 5.91 Å². The van der Waals surface area contributed by atoms with Crippen LogP contribution in [0.1, 0.15) is 40.5 Å². The first kappa shape index (κ1) is 18.7. The summed E-state index contributed by atoms with van der Waals surface area (Å²) in [6, 6.07) is 6.31.